The molecule has 0 aromatic heterocycles. The Morgan fingerprint density at radius 2 is 1.96 bits per heavy atom. The molecule has 132 valence electrons. The lowest BCUT2D eigenvalue weighted by atomic mass is 10.1. The average molecular weight is 357 g/mol. The van der Waals surface area contributed by atoms with Gasteiger partial charge in [0.1, 0.15) is 17.9 Å². The first-order valence-electron chi connectivity index (χ1n) is 7.49. The van der Waals surface area contributed by atoms with E-state index < -0.39 is 40.7 Å². The van der Waals surface area contributed by atoms with Crippen LogP contribution in [0.3, 0.4) is 0 Å². The second kappa shape index (κ2) is 6.36. The van der Waals surface area contributed by atoms with Crippen LogP contribution in [0, 0.1) is 22.9 Å². The first-order valence-corrected chi connectivity index (χ1v) is 7.49. The predicted octanol–water partition coefficient (Wildman–Crippen LogP) is 2.28. The Morgan fingerprint density at radius 3 is 2.62 bits per heavy atom. The number of nitrogens with one attached hydrogen (secondary N) is 1. The van der Waals surface area contributed by atoms with Gasteiger partial charge < -0.3 is 5.32 Å². The lowest BCUT2D eigenvalue weighted by Gasteiger charge is -2.13. The van der Waals surface area contributed by atoms with Crippen molar-refractivity contribution in [2.45, 2.75) is 6.92 Å². The Kier molecular flexibility index (Phi) is 4.21. The van der Waals surface area contributed by atoms with E-state index >= 15 is 0 Å². The second-order valence-electron chi connectivity index (χ2n) is 5.67. The highest BCUT2D eigenvalue weighted by molar-refractivity contribution is 6.24. The molecule has 9 heteroatoms. The van der Waals surface area contributed by atoms with Gasteiger partial charge >= 0.3 is 0 Å². The third-order valence-corrected chi connectivity index (χ3v) is 3.93. The van der Waals surface area contributed by atoms with Crippen LogP contribution in [0.2, 0.25) is 0 Å². The van der Waals surface area contributed by atoms with Crippen molar-refractivity contribution >= 4 is 29.1 Å². The van der Waals surface area contributed by atoms with Gasteiger partial charge in [0.15, 0.2) is 0 Å². The molecule has 0 aliphatic carbocycles. The fraction of sp³-hybridized carbons (Fsp3) is 0.118. The molecule has 2 aromatic rings. The number of nitro benzene ring substituents is 1. The molecule has 8 nitrogen and oxygen atoms in total. The summed E-state index contributed by atoms with van der Waals surface area (Å²) in [6.07, 6.45) is 0. The molecule has 0 saturated heterocycles. The van der Waals surface area contributed by atoms with E-state index in [1.54, 1.807) is 6.92 Å². The minimum absolute atomic E-state index is 0.126. The molecule has 1 N–H and O–H groups in total. The summed E-state index contributed by atoms with van der Waals surface area (Å²) in [7, 11) is 0. The maximum absolute atomic E-state index is 13.5. The highest BCUT2D eigenvalue weighted by Gasteiger charge is 2.41. The molecule has 0 fully saturated rings. The Hall–Kier alpha value is -3.62. The normalized spacial score (nSPS) is 12.9. The summed E-state index contributed by atoms with van der Waals surface area (Å²) in [5, 5.41) is 13.4. The highest BCUT2D eigenvalue weighted by atomic mass is 19.1. The van der Waals surface area contributed by atoms with E-state index in [1.165, 1.54) is 24.3 Å². The fourth-order valence-electron chi connectivity index (χ4n) is 2.63. The molecule has 2 aromatic carbocycles. The molecule has 0 unspecified atom stereocenters. The van der Waals surface area contributed by atoms with Gasteiger partial charge in [-0.1, -0.05) is 12.1 Å². The highest BCUT2D eigenvalue weighted by Crippen LogP contribution is 2.30. The van der Waals surface area contributed by atoms with Gasteiger partial charge in [-0.15, -0.1) is 0 Å². The molecule has 0 atom stereocenters. The number of carbonyl (C=O) groups excluding carboxylic acids is 3. The van der Waals surface area contributed by atoms with Gasteiger partial charge in [-0.3, -0.25) is 29.4 Å². The number of carbonyl (C=O) groups is 3. The molecule has 26 heavy (non-hydrogen) atoms. The molecule has 0 spiro atoms. The first-order chi connectivity index (χ1) is 12.3. The molecule has 0 bridgehead atoms. The molecule has 1 aliphatic rings. The number of amides is 3. The smallest absolute Gasteiger partial charge is 0.282 e. The number of halogens is 1. The summed E-state index contributed by atoms with van der Waals surface area (Å²) in [4.78, 5) is 47.7. The summed E-state index contributed by atoms with van der Waals surface area (Å²) in [5.74, 6) is -2.95. The summed E-state index contributed by atoms with van der Waals surface area (Å²) < 4.78 is 13.5. The van der Waals surface area contributed by atoms with Gasteiger partial charge in [0, 0.05) is 11.8 Å². The number of nitrogens with zero attached hydrogens (tertiary/aromatic N) is 2. The predicted molar refractivity (Wildman–Crippen MR) is 88.2 cm³/mol. The Bertz CT molecular complexity index is 973. The maximum atomic E-state index is 13.5. The third kappa shape index (κ3) is 2.90. The zero-order chi connectivity index (χ0) is 19.0. The van der Waals surface area contributed by atoms with Crippen molar-refractivity contribution in [1.82, 2.24) is 4.90 Å². The summed E-state index contributed by atoms with van der Waals surface area (Å²) in [6.45, 7) is 0.922. The molecule has 3 rings (SSSR count). The zero-order valence-electron chi connectivity index (χ0n) is 13.5. The Morgan fingerprint density at radius 1 is 1.23 bits per heavy atom. The van der Waals surface area contributed by atoms with Crippen LogP contribution in [0.25, 0.3) is 0 Å². The number of fused-ring (bicyclic) bond motifs is 1. The standard InChI is InChI=1S/C17H12FN3O5/c1-9-5-6-10(7-12(9)18)19-14(22)8-20-16(23)11-3-2-4-13(21(25)26)15(11)17(20)24/h2-7H,8H2,1H3,(H,19,22). The molecule has 0 saturated carbocycles. The van der Waals surface area contributed by atoms with Gasteiger partial charge in [-0.05, 0) is 30.7 Å². The van der Waals surface area contributed by atoms with Crippen LogP contribution >= 0.6 is 0 Å². The zero-order valence-corrected chi connectivity index (χ0v) is 13.5. The number of imide groups is 1. The van der Waals surface area contributed by atoms with Gasteiger partial charge in [0.2, 0.25) is 5.91 Å². The van der Waals surface area contributed by atoms with E-state index in [2.05, 4.69) is 5.32 Å². The van der Waals surface area contributed by atoms with Gasteiger partial charge in [-0.25, -0.2) is 4.39 Å². The van der Waals surface area contributed by atoms with E-state index in [0.29, 0.717) is 10.5 Å². The number of hydrogen-bond acceptors (Lipinski definition) is 5. The Balaban J connectivity index is 1.80. The van der Waals surface area contributed by atoms with Crippen molar-refractivity contribution in [3.63, 3.8) is 0 Å². The van der Waals surface area contributed by atoms with Crippen molar-refractivity contribution in [3.8, 4) is 0 Å². The van der Waals surface area contributed by atoms with Crippen LogP contribution in [-0.4, -0.2) is 34.1 Å². The molecule has 1 aliphatic heterocycles. The molecule has 3 amide bonds. The van der Waals surface area contributed by atoms with Crippen LogP contribution in [0.4, 0.5) is 15.8 Å². The van der Waals surface area contributed by atoms with Crippen molar-refractivity contribution in [2.24, 2.45) is 0 Å². The second-order valence-corrected chi connectivity index (χ2v) is 5.67. The van der Waals surface area contributed by atoms with E-state index in [4.69, 9.17) is 0 Å². The van der Waals surface area contributed by atoms with E-state index in [-0.39, 0.29) is 16.8 Å². The van der Waals surface area contributed by atoms with Crippen LogP contribution in [0.15, 0.2) is 36.4 Å². The van der Waals surface area contributed by atoms with E-state index in [9.17, 15) is 28.9 Å². The minimum atomic E-state index is -0.914. The lowest BCUT2D eigenvalue weighted by Crippen LogP contribution is -2.37. The average Bonchev–Trinajstić information content (AvgIpc) is 2.83. The molecular formula is C17H12FN3O5. The molecule has 0 radical (unpaired) electrons. The van der Waals surface area contributed by atoms with Crippen molar-refractivity contribution < 1.29 is 23.7 Å². The lowest BCUT2D eigenvalue weighted by molar-refractivity contribution is -0.385. The van der Waals surface area contributed by atoms with Crippen LogP contribution < -0.4 is 5.32 Å². The number of benzene rings is 2. The van der Waals surface area contributed by atoms with Gasteiger partial charge in [-0.2, -0.15) is 0 Å². The van der Waals surface area contributed by atoms with Crippen LogP contribution in [-0.2, 0) is 4.79 Å². The number of anilines is 1. The summed E-state index contributed by atoms with van der Waals surface area (Å²) in [6, 6.07) is 7.75. The topological polar surface area (TPSA) is 110 Å². The summed E-state index contributed by atoms with van der Waals surface area (Å²) >= 11 is 0. The van der Waals surface area contributed by atoms with Crippen LogP contribution in [0.5, 0.6) is 0 Å². The van der Waals surface area contributed by atoms with Crippen molar-refractivity contribution in [1.29, 1.82) is 0 Å². The molecule has 1 heterocycles. The minimum Gasteiger partial charge on any atom is -0.324 e. The molecular weight excluding hydrogens is 345 g/mol. The van der Waals surface area contributed by atoms with Crippen molar-refractivity contribution in [2.75, 3.05) is 11.9 Å². The summed E-state index contributed by atoms with van der Waals surface area (Å²) in [5.41, 5.74) is -0.393. The van der Waals surface area contributed by atoms with Gasteiger partial charge in [0.05, 0.1) is 10.5 Å². The number of nitro groups is 1. The number of aryl methyl sites for hydroxylation is 1. The number of hydrogen-bond donors (Lipinski definition) is 1. The van der Waals surface area contributed by atoms with E-state index in [0.717, 1.165) is 12.1 Å². The van der Waals surface area contributed by atoms with E-state index in [1.807, 2.05) is 0 Å². The quantitative estimate of drug-likeness (QED) is 0.513. The monoisotopic (exact) mass is 357 g/mol. The van der Waals surface area contributed by atoms with Crippen LogP contribution in [0.1, 0.15) is 26.3 Å². The fourth-order valence-corrected chi connectivity index (χ4v) is 2.63. The largest absolute Gasteiger partial charge is 0.324 e. The third-order valence-electron chi connectivity index (χ3n) is 3.93. The van der Waals surface area contributed by atoms with Crippen molar-refractivity contribution in [3.05, 3.63) is 69.0 Å². The van der Waals surface area contributed by atoms with Gasteiger partial charge in [0.25, 0.3) is 17.5 Å². The number of rotatable bonds is 4. The first kappa shape index (κ1) is 17.2. The Labute approximate surface area is 146 Å². The maximum Gasteiger partial charge on any atom is 0.282 e. The SMILES string of the molecule is Cc1ccc(NC(=O)CN2C(=O)c3cccc([N+](=O)[O-])c3C2=O)cc1F.